The maximum absolute atomic E-state index is 9.07. The average molecular weight is 426 g/mol. The third-order valence-corrected chi connectivity index (χ3v) is 6.42. The molecular formula is C21H48ClNO3Si. The highest BCUT2D eigenvalue weighted by Crippen LogP contribution is 2.14. The van der Waals surface area contributed by atoms with Gasteiger partial charge < -0.3 is 31.3 Å². The molecule has 0 rings (SSSR count). The van der Waals surface area contributed by atoms with Crippen molar-refractivity contribution in [2.24, 2.45) is 0 Å². The Kier molecular flexibility index (Phi) is 20.1. The molecule has 0 amide bonds. The molecule has 0 bridgehead atoms. The molecule has 0 aliphatic carbocycles. The molecular weight excluding hydrogens is 378 g/mol. The van der Waals surface area contributed by atoms with E-state index in [1.165, 1.54) is 89.9 Å². The summed E-state index contributed by atoms with van der Waals surface area (Å²) in [6, 6.07) is 0.160. The third kappa shape index (κ3) is 24.3. The second kappa shape index (κ2) is 18.4. The van der Waals surface area contributed by atoms with Crippen molar-refractivity contribution < 1.29 is 31.3 Å². The van der Waals surface area contributed by atoms with E-state index in [4.69, 9.17) is 14.4 Å². The van der Waals surface area contributed by atoms with Gasteiger partial charge in [-0.25, -0.2) is 0 Å². The summed E-state index contributed by atoms with van der Waals surface area (Å²) in [6.07, 6.45) is 20.1. The lowest BCUT2D eigenvalue weighted by atomic mass is 10.0. The molecule has 0 radical (unpaired) electrons. The van der Waals surface area contributed by atoms with E-state index < -0.39 is 8.80 Å². The number of unbranched alkanes of at least 4 members (excludes halogenated alkanes) is 13. The van der Waals surface area contributed by atoms with Gasteiger partial charge in [-0.3, -0.25) is 0 Å². The van der Waals surface area contributed by atoms with E-state index in [9.17, 15) is 0 Å². The van der Waals surface area contributed by atoms with Crippen LogP contribution in [0, 0.1) is 0 Å². The highest BCUT2D eigenvalue weighted by molar-refractivity contribution is 6.56. The lowest BCUT2D eigenvalue weighted by Gasteiger charge is -2.30. The number of hydrogen-bond acceptors (Lipinski definition) is 3. The second-order valence-corrected chi connectivity index (χ2v) is 10.9. The SMILES string of the molecule is CCCCCCCCCCCCCCCC[N+](C)(C)CCC[Si](O)(O)O.[Cl-]. The van der Waals surface area contributed by atoms with Crippen LogP contribution in [0.25, 0.3) is 0 Å². The van der Waals surface area contributed by atoms with Gasteiger partial charge in [-0.1, -0.05) is 84.0 Å². The van der Waals surface area contributed by atoms with Crippen molar-refractivity contribution in [3.63, 3.8) is 0 Å². The van der Waals surface area contributed by atoms with Crippen LogP contribution in [0.15, 0.2) is 0 Å². The molecule has 0 atom stereocenters. The first-order valence-electron chi connectivity index (χ1n) is 11.3. The van der Waals surface area contributed by atoms with E-state index in [1.54, 1.807) is 0 Å². The fourth-order valence-electron chi connectivity index (χ4n) is 3.59. The highest BCUT2D eigenvalue weighted by atomic mass is 35.5. The zero-order chi connectivity index (χ0) is 19.7. The minimum atomic E-state index is -3.84. The third-order valence-electron chi connectivity index (χ3n) is 5.39. The number of halogens is 1. The van der Waals surface area contributed by atoms with Crippen LogP contribution >= 0.6 is 0 Å². The standard InChI is InChI=1S/C21H48NO3Si.ClH/c1-4-5-6-7-8-9-10-11-12-13-14-15-16-17-19-22(2,3)20-18-21-26(23,24)25;/h23-25H,4-21H2,1-3H3;1H/q+1;/p-1. The van der Waals surface area contributed by atoms with Crippen LogP contribution in [0.1, 0.15) is 103 Å². The van der Waals surface area contributed by atoms with Crippen LogP contribution in [0.2, 0.25) is 6.04 Å². The lowest BCUT2D eigenvalue weighted by molar-refractivity contribution is -0.890. The zero-order valence-electron chi connectivity index (χ0n) is 18.4. The van der Waals surface area contributed by atoms with Crippen molar-refractivity contribution in [1.29, 1.82) is 0 Å². The van der Waals surface area contributed by atoms with Gasteiger partial charge in [-0.05, 0) is 12.8 Å². The summed E-state index contributed by atoms with van der Waals surface area (Å²) in [7, 11) is 0.544. The highest BCUT2D eigenvalue weighted by Gasteiger charge is 2.27. The molecule has 4 nitrogen and oxygen atoms in total. The van der Waals surface area contributed by atoms with Crippen LogP contribution in [0.5, 0.6) is 0 Å². The molecule has 27 heavy (non-hydrogen) atoms. The van der Waals surface area contributed by atoms with Crippen molar-refractivity contribution in [2.45, 2.75) is 109 Å². The Bertz CT molecular complexity index is 312. The summed E-state index contributed by atoms with van der Waals surface area (Å²) in [4.78, 5) is 27.2. The predicted molar refractivity (Wildman–Crippen MR) is 114 cm³/mol. The summed E-state index contributed by atoms with van der Waals surface area (Å²) in [5, 5.41) is 0. The van der Waals surface area contributed by atoms with Gasteiger partial charge in [0.2, 0.25) is 0 Å². The molecule has 0 saturated heterocycles. The molecule has 3 N–H and O–H groups in total. The number of nitrogens with zero attached hydrogens (tertiary/aromatic N) is 1. The van der Waals surface area contributed by atoms with Crippen molar-refractivity contribution >= 4 is 8.80 Å². The van der Waals surface area contributed by atoms with E-state index >= 15 is 0 Å². The van der Waals surface area contributed by atoms with Gasteiger partial charge in [-0.15, -0.1) is 0 Å². The predicted octanol–water partition coefficient (Wildman–Crippen LogP) is 1.85. The van der Waals surface area contributed by atoms with Crippen LogP contribution in [0.3, 0.4) is 0 Å². The Morgan fingerprint density at radius 3 is 1.26 bits per heavy atom. The lowest BCUT2D eigenvalue weighted by Crippen LogP contribution is -3.00. The largest absolute Gasteiger partial charge is 1.00 e. The Morgan fingerprint density at radius 2 is 0.889 bits per heavy atom. The summed E-state index contributed by atoms with van der Waals surface area (Å²) in [6.45, 7) is 4.31. The van der Waals surface area contributed by atoms with E-state index in [-0.39, 0.29) is 18.5 Å². The Balaban J connectivity index is 0. The van der Waals surface area contributed by atoms with Crippen LogP contribution in [-0.2, 0) is 0 Å². The fraction of sp³-hybridized carbons (Fsp3) is 1.00. The van der Waals surface area contributed by atoms with Gasteiger partial charge in [0.15, 0.2) is 0 Å². The first kappa shape index (κ1) is 29.5. The molecule has 0 heterocycles. The van der Waals surface area contributed by atoms with E-state index in [2.05, 4.69) is 21.0 Å². The molecule has 166 valence electrons. The van der Waals surface area contributed by atoms with Crippen molar-refractivity contribution in [3.05, 3.63) is 0 Å². The van der Waals surface area contributed by atoms with Crippen molar-refractivity contribution in [1.82, 2.24) is 0 Å². The topological polar surface area (TPSA) is 60.7 Å². The Labute approximate surface area is 176 Å². The maximum Gasteiger partial charge on any atom is 0.492 e. The van der Waals surface area contributed by atoms with Gasteiger partial charge in [0.25, 0.3) is 0 Å². The van der Waals surface area contributed by atoms with Crippen LogP contribution in [-0.4, -0.2) is 54.9 Å². The normalized spacial score (nSPS) is 12.2. The zero-order valence-corrected chi connectivity index (χ0v) is 20.2. The van der Waals surface area contributed by atoms with E-state index in [1.807, 2.05) is 0 Å². The van der Waals surface area contributed by atoms with Gasteiger partial charge in [0.05, 0.1) is 27.2 Å². The summed E-state index contributed by atoms with van der Waals surface area (Å²) in [5.41, 5.74) is 0. The smallest absolute Gasteiger partial charge is 0.492 e. The molecule has 0 aromatic carbocycles. The van der Waals surface area contributed by atoms with E-state index in [0.717, 1.165) is 17.6 Å². The molecule has 0 saturated carbocycles. The van der Waals surface area contributed by atoms with Gasteiger partial charge in [0.1, 0.15) is 0 Å². The molecule has 0 spiro atoms. The van der Waals surface area contributed by atoms with Crippen molar-refractivity contribution in [2.75, 3.05) is 27.2 Å². The first-order valence-corrected chi connectivity index (χ1v) is 13.3. The van der Waals surface area contributed by atoms with Crippen LogP contribution in [0.4, 0.5) is 0 Å². The first-order chi connectivity index (χ1) is 12.3. The molecule has 0 aromatic rings. The summed E-state index contributed by atoms with van der Waals surface area (Å²) >= 11 is 0. The second-order valence-electron chi connectivity index (χ2n) is 8.86. The number of hydrogen-bond donors (Lipinski definition) is 3. The van der Waals surface area contributed by atoms with Gasteiger partial charge in [-0.2, -0.15) is 0 Å². The monoisotopic (exact) mass is 425 g/mol. The average Bonchev–Trinajstić information content (AvgIpc) is 2.53. The van der Waals surface area contributed by atoms with Crippen LogP contribution < -0.4 is 12.4 Å². The molecule has 0 aliphatic rings. The molecule has 0 unspecified atom stereocenters. The Hall–Kier alpha value is 0.347. The molecule has 6 heteroatoms. The number of quaternary nitrogens is 1. The van der Waals surface area contributed by atoms with E-state index in [0.29, 0.717) is 6.42 Å². The minimum absolute atomic E-state index is 0. The van der Waals surface area contributed by atoms with Gasteiger partial charge in [0, 0.05) is 12.5 Å². The Morgan fingerprint density at radius 1 is 0.556 bits per heavy atom. The maximum atomic E-state index is 9.07. The fourth-order valence-corrected chi connectivity index (χ4v) is 4.22. The molecule has 0 fully saturated rings. The minimum Gasteiger partial charge on any atom is -1.00 e. The number of rotatable bonds is 19. The molecule has 0 aromatic heterocycles. The quantitative estimate of drug-likeness (QED) is 0.168. The van der Waals surface area contributed by atoms with Gasteiger partial charge >= 0.3 is 8.80 Å². The summed E-state index contributed by atoms with van der Waals surface area (Å²) in [5.74, 6) is 0. The van der Waals surface area contributed by atoms with Crippen molar-refractivity contribution in [3.8, 4) is 0 Å². The molecule has 0 aliphatic heterocycles. The summed E-state index contributed by atoms with van der Waals surface area (Å²) < 4.78 is 0.905.